The summed E-state index contributed by atoms with van der Waals surface area (Å²) in [6, 6.07) is 12.0. The predicted molar refractivity (Wildman–Crippen MR) is 102 cm³/mol. The summed E-state index contributed by atoms with van der Waals surface area (Å²) in [5.41, 5.74) is 3.89. The molecule has 1 unspecified atom stereocenters. The van der Waals surface area contributed by atoms with Gasteiger partial charge in [-0.05, 0) is 67.4 Å². The van der Waals surface area contributed by atoms with Crippen molar-refractivity contribution in [3.63, 3.8) is 0 Å². The number of fused-ring (bicyclic) bond motifs is 1. The maximum atomic E-state index is 12.8. The lowest BCUT2D eigenvalue weighted by atomic mass is 10.0. The summed E-state index contributed by atoms with van der Waals surface area (Å²) in [6.07, 6.45) is 2.86. The third-order valence-corrected chi connectivity index (χ3v) is 4.65. The smallest absolute Gasteiger partial charge is 0.335 e. The zero-order valence-corrected chi connectivity index (χ0v) is 15.0. The van der Waals surface area contributed by atoms with Crippen LogP contribution in [0.15, 0.2) is 53.1 Å². The standard InChI is InChI=1S/C21H18N2O4/c1-12-9-16-10-14(3-8-19(16)27-12)11-18-13(2)22-23(20(18)24)17-6-4-15(5-7-17)21(25)26/h3-8,10-12H,9H2,1-2H3,(H,25,26)/b18-11-. The molecule has 136 valence electrons. The van der Waals surface area contributed by atoms with Crippen LogP contribution in [0.3, 0.4) is 0 Å². The minimum absolute atomic E-state index is 0.163. The third-order valence-electron chi connectivity index (χ3n) is 4.65. The Hall–Kier alpha value is -3.41. The number of ether oxygens (including phenoxy) is 1. The Morgan fingerprint density at radius 3 is 2.70 bits per heavy atom. The van der Waals surface area contributed by atoms with Gasteiger partial charge in [-0.25, -0.2) is 4.79 Å². The number of hydrogen-bond acceptors (Lipinski definition) is 4. The summed E-state index contributed by atoms with van der Waals surface area (Å²) in [5.74, 6) is -0.349. The van der Waals surface area contributed by atoms with E-state index in [4.69, 9.17) is 9.84 Å². The second kappa shape index (κ2) is 6.39. The van der Waals surface area contributed by atoms with Crippen molar-refractivity contribution in [1.82, 2.24) is 0 Å². The van der Waals surface area contributed by atoms with Crippen LogP contribution in [-0.4, -0.2) is 28.8 Å². The molecule has 0 radical (unpaired) electrons. The zero-order chi connectivity index (χ0) is 19.1. The Balaban J connectivity index is 1.61. The molecule has 0 saturated carbocycles. The molecule has 0 aliphatic carbocycles. The number of rotatable bonds is 3. The van der Waals surface area contributed by atoms with Gasteiger partial charge < -0.3 is 9.84 Å². The summed E-state index contributed by atoms with van der Waals surface area (Å²) < 4.78 is 5.71. The lowest BCUT2D eigenvalue weighted by Gasteiger charge is -2.11. The van der Waals surface area contributed by atoms with Crippen LogP contribution in [0.5, 0.6) is 5.75 Å². The molecule has 0 bridgehead atoms. The van der Waals surface area contributed by atoms with E-state index in [9.17, 15) is 9.59 Å². The molecule has 1 atom stereocenters. The van der Waals surface area contributed by atoms with Gasteiger partial charge in [0.2, 0.25) is 0 Å². The van der Waals surface area contributed by atoms with E-state index in [1.807, 2.05) is 31.2 Å². The number of benzene rings is 2. The van der Waals surface area contributed by atoms with Crippen molar-refractivity contribution in [1.29, 1.82) is 0 Å². The zero-order valence-electron chi connectivity index (χ0n) is 15.0. The molecular weight excluding hydrogens is 344 g/mol. The number of carboxylic acid groups (broad SMARTS) is 1. The van der Waals surface area contributed by atoms with E-state index in [1.54, 1.807) is 19.1 Å². The highest BCUT2D eigenvalue weighted by Gasteiger charge is 2.29. The average Bonchev–Trinajstić information content (AvgIpc) is 3.15. The van der Waals surface area contributed by atoms with Crippen LogP contribution in [0.2, 0.25) is 0 Å². The maximum Gasteiger partial charge on any atom is 0.335 e. The number of hydrazone groups is 1. The lowest BCUT2D eigenvalue weighted by molar-refractivity contribution is -0.114. The number of amides is 1. The Kier molecular flexibility index (Phi) is 4.03. The fourth-order valence-corrected chi connectivity index (χ4v) is 3.30. The molecule has 4 rings (SSSR count). The van der Waals surface area contributed by atoms with Gasteiger partial charge in [-0.3, -0.25) is 4.79 Å². The number of anilines is 1. The second-order valence-corrected chi connectivity index (χ2v) is 6.71. The van der Waals surface area contributed by atoms with E-state index in [2.05, 4.69) is 5.10 Å². The van der Waals surface area contributed by atoms with Crippen molar-refractivity contribution in [3.05, 3.63) is 64.7 Å². The first-order valence-corrected chi connectivity index (χ1v) is 8.67. The maximum absolute atomic E-state index is 12.8. The van der Waals surface area contributed by atoms with Gasteiger partial charge in [-0.15, -0.1) is 0 Å². The van der Waals surface area contributed by atoms with E-state index in [0.29, 0.717) is 17.0 Å². The van der Waals surface area contributed by atoms with Crippen molar-refractivity contribution >= 4 is 29.4 Å². The summed E-state index contributed by atoms with van der Waals surface area (Å²) in [4.78, 5) is 23.8. The van der Waals surface area contributed by atoms with Crippen molar-refractivity contribution in [3.8, 4) is 5.75 Å². The molecular formula is C21H18N2O4. The van der Waals surface area contributed by atoms with E-state index in [1.165, 1.54) is 17.1 Å². The summed E-state index contributed by atoms with van der Waals surface area (Å²) in [5, 5.41) is 14.6. The molecule has 6 heteroatoms. The van der Waals surface area contributed by atoms with Gasteiger partial charge in [0.25, 0.3) is 5.91 Å². The molecule has 0 saturated heterocycles. The number of carbonyl (C=O) groups excluding carboxylic acids is 1. The van der Waals surface area contributed by atoms with Crippen LogP contribution in [0.25, 0.3) is 6.08 Å². The molecule has 27 heavy (non-hydrogen) atoms. The Labute approximate surface area is 156 Å². The minimum atomic E-state index is -1.01. The normalized spacial score (nSPS) is 19.9. The molecule has 1 N–H and O–H groups in total. The van der Waals surface area contributed by atoms with Gasteiger partial charge in [0.05, 0.1) is 22.5 Å². The van der Waals surface area contributed by atoms with Gasteiger partial charge in [-0.1, -0.05) is 6.07 Å². The highest BCUT2D eigenvalue weighted by molar-refractivity contribution is 6.32. The molecule has 2 aromatic rings. The molecule has 0 spiro atoms. The number of nitrogens with zero attached hydrogens (tertiary/aromatic N) is 2. The van der Waals surface area contributed by atoms with Gasteiger partial charge in [0, 0.05) is 6.42 Å². The van der Waals surface area contributed by atoms with Crippen LogP contribution in [0.1, 0.15) is 35.3 Å². The Morgan fingerprint density at radius 2 is 2.00 bits per heavy atom. The van der Waals surface area contributed by atoms with Crippen LogP contribution < -0.4 is 9.75 Å². The van der Waals surface area contributed by atoms with Gasteiger partial charge in [-0.2, -0.15) is 10.1 Å². The quantitative estimate of drug-likeness (QED) is 0.848. The van der Waals surface area contributed by atoms with Crippen LogP contribution in [0, 0.1) is 0 Å². The topological polar surface area (TPSA) is 79.2 Å². The van der Waals surface area contributed by atoms with Gasteiger partial charge >= 0.3 is 5.97 Å². The molecule has 0 fully saturated rings. The number of aromatic carboxylic acids is 1. The second-order valence-electron chi connectivity index (χ2n) is 6.71. The number of carboxylic acids is 1. The fraction of sp³-hybridized carbons (Fsp3) is 0.190. The highest BCUT2D eigenvalue weighted by Crippen LogP contribution is 2.31. The highest BCUT2D eigenvalue weighted by atomic mass is 16.5. The first-order valence-electron chi connectivity index (χ1n) is 8.67. The van der Waals surface area contributed by atoms with E-state index in [0.717, 1.165) is 23.3 Å². The minimum Gasteiger partial charge on any atom is -0.490 e. The number of hydrogen-bond donors (Lipinski definition) is 1. The molecule has 2 aliphatic rings. The average molecular weight is 362 g/mol. The Morgan fingerprint density at radius 1 is 1.26 bits per heavy atom. The first kappa shape index (κ1) is 17.0. The third kappa shape index (κ3) is 3.10. The monoisotopic (exact) mass is 362 g/mol. The van der Waals surface area contributed by atoms with Crippen LogP contribution >= 0.6 is 0 Å². The molecule has 2 aliphatic heterocycles. The van der Waals surface area contributed by atoms with E-state index >= 15 is 0 Å². The van der Waals surface area contributed by atoms with Crippen molar-refractivity contribution in [2.75, 3.05) is 5.01 Å². The fourth-order valence-electron chi connectivity index (χ4n) is 3.30. The first-order chi connectivity index (χ1) is 12.9. The van der Waals surface area contributed by atoms with Gasteiger partial charge in [0.1, 0.15) is 11.9 Å². The SMILES string of the molecule is CC1=NN(c2ccc(C(=O)O)cc2)C(=O)/C1=C\c1ccc2c(c1)CC(C)O2. The molecule has 2 aromatic carbocycles. The molecule has 0 aromatic heterocycles. The Bertz CT molecular complexity index is 1010. The van der Waals surface area contributed by atoms with Crippen LogP contribution in [-0.2, 0) is 11.2 Å². The number of carbonyl (C=O) groups is 2. The largest absolute Gasteiger partial charge is 0.490 e. The summed E-state index contributed by atoms with van der Waals surface area (Å²) in [7, 11) is 0. The van der Waals surface area contributed by atoms with Gasteiger partial charge in [0.15, 0.2) is 0 Å². The molecule has 6 nitrogen and oxygen atoms in total. The summed E-state index contributed by atoms with van der Waals surface area (Å²) in [6.45, 7) is 3.82. The molecule has 2 heterocycles. The predicted octanol–water partition coefficient (Wildman–Crippen LogP) is 3.51. The van der Waals surface area contributed by atoms with E-state index < -0.39 is 5.97 Å². The van der Waals surface area contributed by atoms with Crippen LogP contribution in [0.4, 0.5) is 5.69 Å². The van der Waals surface area contributed by atoms with Crippen molar-refractivity contribution in [2.45, 2.75) is 26.4 Å². The summed E-state index contributed by atoms with van der Waals surface area (Å²) >= 11 is 0. The lowest BCUT2D eigenvalue weighted by Crippen LogP contribution is -2.21. The van der Waals surface area contributed by atoms with E-state index in [-0.39, 0.29) is 17.6 Å². The van der Waals surface area contributed by atoms with Crippen molar-refractivity contribution < 1.29 is 19.4 Å². The van der Waals surface area contributed by atoms with Crippen molar-refractivity contribution in [2.24, 2.45) is 5.10 Å². The molecule has 1 amide bonds.